The molecule has 0 aliphatic carbocycles. The van der Waals surface area contributed by atoms with E-state index in [1.807, 2.05) is 0 Å². The molecule has 20 heavy (non-hydrogen) atoms. The molecule has 1 aliphatic heterocycles. The molecule has 0 aromatic heterocycles. The van der Waals surface area contributed by atoms with Crippen molar-refractivity contribution in [2.45, 2.75) is 12.2 Å². The highest BCUT2D eigenvalue weighted by Crippen LogP contribution is 2.15. The number of ether oxygens (including phenoxy) is 1. The molecule has 3 N–H and O–H groups in total. The third-order valence-electron chi connectivity index (χ3n) is 3.20. The molecule has 5 nitrogen and oxygen atoms in total. The number of benzene rings is 1. The quantitative estimate of drug-likeness (QED) is 0.735. The number of aliphatic hydroxyl groups is 2. The van der Waals surface area contributed by atoms with Crippen LogP contribution in [0.1, 0.15) is 10.4 Å². The zero-order chi connectivity index (χ0) is 14.7. The summed E-state index contributed by atoms with van der Waals surface area (Å²) in [6.07, 6.45) is -2.02. The lowest BCUT2D eigenvalue weighted by Gasteiger charge is -2.31. The zero-order valence-electron chi connectivity index (χ0n) is 10.6. The molecule has 0 radical (unpaired) electrons. The van der Waals surface area contributed by atoms with Crippen molar-refractivity contribution in [2.75, 3.05) is 19.8 Å². The maximum absolute atomic E-state index is 13.4. The summed E-state index contributed by atoms with van der Waals surface area (Å²) in [4.78, 5) is 11.7. The second kappa shape index (κ2) is 6.25. The first-order chi connectivity index (χ1) is 9.49. The van der Waals surface area contributed by atoms with E-state index in [1.54, 1.807) is 0 Å². The van der Waals surface area contributed by atoms with Gasteiger partial charge in [0, 0.05) is 18.5 Å². The smallest absolute Gasteiger partial charge is 0.254 e. The third kappa shape index (κ3) is 3.30. The molecule has 7 heteroatoms. The molecule has 0 bridgehead atoms. The van der Waals surface area contributed by atoms with Gasteiger partial charge in [-0.2, -0.15) is 0 Å². The number of nitrogens with one attached hydrogen (secondary N) is 1. The fraction of sp³-hybridized carbons (Fsp3) is 0.462. The van der Waals surface area contributed by atoms with Gasteiger partial charge in [-0.25, -0.2) is 8.78 Å². The van der Waals surface area contributed by atoms with Gasteiger partial charge in [0.25, 0.3) is 5.91 Å². The Hall–Kier alpha value is -1.57. The van der Waals surface area contributed by atoms with Gasteiger partial charge in [0.05, 0.1) is 24.9 Å². The van der Waals surface area contributed by atoms with E-state index in [0.29, 0.717) is 6.07 Å². The minimum Gasteiger partial charge on any atom is -0.390 e. The van der Waals surface area contributed by atoms with Crippen LogP contribution in [0.4, 0.5) is 8.78 Å². The molecule has 3 atom stereocenters. The molecule has 2 rings (SSSR count). The van der Waals surface area contributed by atoms with Crippen molar-refractivity contribution in [1.29, 1.82) is 0 Å². The lowest BCUT2D eigenvalue weighted by Crippen LogP contribution is -2.48. The number of hydrogen-bond donors (Lipinski definition) is 3. The van der Waals surface area contributed by atoms with Gasteiger partial charge >= 0.3 is 0 Å². The van der Waals surface area contributed by atoms with E-state index in [2.05, 4.69) is 5.32 Å². The predicted octanol–water partition coefficient (Wildman–Crippen LogP) is 0.0628. The van der Waals surface area contributed by atoms with Crippen molar-refractivity contribution in [2.24, 2.45) is 5.92 Å². The molecule has 1 amide bonds. The van der Waals surface area contributed by atoms with Gasteiger partial charge in [0.15, 0.2) is 0 Å². The first-order valence-electron chi connectivity index (χ1n) is 6.16. The van der Waals surface area contributed by atoms with Crippen molar-refractivity contribution >= 4 is 5.91 Å². The largest absolute Gasteiger partial charge is 0.390 e. The average molecular weight is 287 g/mol. The fourth-order valence-corrected chi connectivity index (χ4v) is 2.02. The Morgan fingerprint density at radius 3 is 2.80 bits per heavy atom. The molecule has 1 heterocycles. The van der Waals surface area contributed by atoms with Crippen LogP contribution in [0.2, 0.25) is 0 Å². The number of carbonyl (C=O) groups excluding carboxylic acids is 1. The molecule has 1 saturated heterocycles. The highest BCUT2D eigenvalue weighted by Gasteiger charge is 2.31. The molecular formula is C13H15F2NO4. The highest BCUT2D eigenvalue weighted by molar-refractivity contribution is 5.94. The first-order valence-corrected chi connectivity index (χ1v) is 6.16. The Labute approximate surface area is 114 Å². The van der Waals surface area contributed by atoms with Gasteiger partial charge in [-0.15, -0.1) is 0 Å². The van der Waals surface area contributed by atoms with Crippen LogP contribution in [0.3, 0.4) is 0 Å². The van der Waals surface area contributed by atoms with Crippen LogP contribution < -0.4 is 5.32 Å². The Balaban J connectivity index is 1.95. The lowest BCUT2D eigenvalue weighted by atomic mass is 9.96. The van der Waals surface area contributed by atoms with Crippen LogP contribution in [0.25, 0.3) is 0 Å². The minimum absolute atomic E-state index is 0.0217. The summed E-state index contributed by atoms with van der Waals surface area (Å²) in [6, 6.07) is 2.65. The number of halogens is 2. The topological polar surface area (TPSA) is 78.8 Å². The summed E-state index contributed by atoms with van der Waals surface area (Å²) in [5.41, 5.74) is -0.279. The van der Waals surface area contributed by atoms with Crippen LogP contribution in [-0.4, -0.2) is 48.1 Å². The normalized spacial score (nSPS) is 26.3. The molecule has 0 saturated carbocycles. The van der Waals surface area contributed by atoms with Gasteiger partial charge < -0.3 is 20.3 Å². The van der Waals surface area contributed by atoms with Gasteiger partial charge in [-0.05, 0) is 12.1 Å². The fourth-order valence-electron chi connectivity index (χ4n) is 2.02. The molecule has 110 valence electrons. The van der Waals surface area contributed by atoms with Crippen molar-refractivity contribution in [1.82, 2.24) is 5.32 Å². The molecule has 1 fully saturated rings. The number of carbonyl (C=O) groups is 1. The summed E-state index contributed by atoms with van der Waals surface area (Å²) < 4.78 is 31.2. The highest BCUT2D eigenvalue weighted by atomic mass is 19.1. The number of rotatable bonds is 3. The Kier molecular flexibility index (Phi) is 4.64. The van der Waals surface area contributed by atoms with E-state index in [9.17, 15) is 23.8 Å². The molecule has 1 aromatic carbocycles. The summed E-state index contributed by atoms with van der Waals surface area (Å²) in [5.74, 6) is -2.91. The third-order valence-corrected chi connectivity index (χ3v) is 3.20. The van der Waals surface area contributed by atoms with Gasteiger partial charge in [0.1, 0.15) is 17.7 Å². The van der Waals surface area contributed by atoms with E-state index in [4.69, 9.17) is 4.74 Å². The van der Waals surface area contributed by atoms with Crippen LogP contribution in [0, 0.1) is 17.6 Å². The van der Waals surface area contributed by atoms with E-state index in [-0.39, 0.29) is 25.3 Å². The summed E-state index contributed by atoms with van der Waals surface area (Å²) >= 11 is 0. The molecule has 1 aromatic rings. The average Bonchev–Trinajstić information content (AvgIpc) is 2.40. The minimum atomic E-state index is -1.01. The Morgan fingerprint density at radius 2 is 2.10 bits per heavy atom. The second-order valence-corrected chi connectivity index (χ2v) is 4.69. The number of hydrogen-bond acceptors (Lipinski definition) is 4. The molecule has 1 aliphatic rings. The predicted molar refractivity (Wildman–Crippen MR) is 65.0 cm³/mol. The molecular weight excluding hydrogens is 272 g/mol. The van der Waals surface area contributed by atoms with E-state index < -0.39 is 35.7 Å². The van der Waals surface area contributed by atoms with Gasteiger partial charge in [-0.3, -0.25) is 4.79 Å². The number of aliphatic hydroxyl groups excluding tert-OH is 2. The van der Waals surface area contributed by atoms with Crippen molar-refractivity contribution in [3.8, 4) is 0 Å². The second-order valence-electron chi connectivity index (χ2n) is 4.69. The maximum atomic E-state index is 13.4. The van der Waals surface area contributed by atoms with Crippen LogP contribution >= 0.6 is 0 Å². The first kappa shape index (κ1) is 14.8. The lowest BCUT2D eigenvalue weighted by molar-refractivity contribution is -0.118. The van der Waals surface area contributed by atoms with Crippen molar-refractivity contribution in [3.63, 3.8) is 0 Å². The Morgan fingerprint density at radius 1 is 1.35 bits per heavy atom. The SMILES string of the molecule is O=C(NC[C@@H]1COC[C@@H](O)[C@H]1O)c1ccc(F)cc1F. The monoisotopic (exact) mass is 287 g/mol. The maximum Gasteiger partial charge on any atom is 0.254 e. The van der Waals surface area contributed by atoms with Crippen molar-refractivity contribution in [3.05, 3.63) is 35.4 Å². The van der Waals surface area contributed by atoms with Crippen molar-refractivity contribution < 1.29 is 28.5 Å². The summed E-state index contributed by atoms with van der Waals surface area (Å²) in [6.45, 7) is 0.247. The van der Waals surface area contributed by atoms with E-state index in [0.717, 1.165) is 12.1 Å². The standard InChI is InChI=1S/C13H15F2NO4/c14-8-1-2-9(10(15)3-8)13(19)16-4-7-5-20-6-11(17)12(7)18/h1-3,7,11-12,17-18H,4-6H2,(H,16,19)/t7-,11-,12+/m1/s1. The van der Waals surface area contributed by atoms with Crippen LogP contribution in [-0.2, 0) is 4.74 Å². The molecule has 0 spiro atoms. The molecule has 0 unspecified atom stereocenters. The van der Waals surface area contributed by atoms with E-state index in [1.165, 1.54) is 0 Å². The summed E-state index contributed by atoms with van der Waals surface area (Å²) in [7, 11) is 0. The zero-order valence-corrected chi connectivity index (χ0v) is 10.6. The van der Waals surface area contributed by atoms with Gasteiger partial charge in [0.2, 0.25) is 0 Å². The Bertz CT molecular complexity index is 497. The van der Waals surface area contributed by atoms with Gasteiger partial charge in [-0.1, -0.05) is 0 Å². The number of amides is 1. The van der Waals surface area contributed by atoms with E-state index >= 15 is 0 Å². The van der Waals surface area contributed by atoms with Crippen LogP contribution in [0.15, 0.2) is 18.2 Å². The van der Waals surface area contributed by atoms with Crippen LogP contribution in [0.5, 0.6) is 0 Å². The summed E-state index contributed by atoms with van der Waals surface area (Å²) in [5, 5.41) is 21.6.